The van der Waals surface area contributed by atoms with E-state index in [0.717, 1.165) is 82.3 Å². The van der Waals surface area contributed by atoms with E-state index in [1.165, 1.54) is 179 Å². The van der Waals surface area contributed by atoms with Gasteiger partial charge in [-0.3, -0.25) is 19.2 Å². The Balaban J connectivity index is 0.000000289. The lowest BCUT2D eigenvalue weighted by molar-refractivity contribution is -0.135. The summed E-state index contributed by atoms with van der Waals surface area (Å²) in [4.78, 5) is 91.5. The molecule has 0 amide bonds. The van der Waals surface area contributed by atoms with Gasteiger partial charge in [-0.1, -0.05) is 182 Å². The fraction of sp³-hybridized carbons (Fsp3) is 0.488. The van der Waals surface area contributed by atoms with Crippen molar-refractivity contribution in [3.8, 4) is 23.0 Å². The Bertz CT molecular complexity index is 4010. The van der Waals surface area contributed by atoms with Crippen LogP contribution < -0.4 is 41.4 Å². The zero-order valence-corrected chi connectivity index (χ0v) is 58.8. The van der Waals surface area contributed by atoms with Crippen LogP contribution >= 0.6 is 0 Å². The highest BCUT2D eigenvalue weighted by Gasteiger charge is 2.12. The maximum atomic E-state index is 12.1. The van der Waals surface area contributed by atoms with Gasteiger partial charge < -0.3 is 36.6 Å². The maximum absolute atomic E-state index is 12.1. The van der Waals surface area contributed by atoms with Crippen LogP contribution in [0.1, 0.15) is 256 Å². The molecule has 0 bridgehead atoms. The Morgan fingerprint density at radius 3 is 0.837 bits per heavy atom. The van der Waals surface area contributed by atoms with Gasteiger partial charge in [0.1, 0.15) is 45.3 Å². The van der Waals surface area contributed by atoms with Crippen LogP contribution in [0.25, 0.3) is 43.9 Å². The summed E-state index contributed by atoms with van der Waals surface area (Å²) in [6.45, 7) is 14.9. The molecule has 532 valence electrons. The van der Waals surface area contributed by atoms with E-state index in [1.54, 1.807) is 61.5 Å². The quantitative estimate of drug-likeness (QED) is 0.0117. The van der Waals surface area contributed by atoms with Crippen molar-refractivity contribution in [2.75, 3.05) is 0 Å². The number of carbonyl (C=O) groups excluding carboxylic acids is 4. The molecular weight excluding hydrogens is 1240 g/mol. The first-order valence-electron chi connectivity index (χ1n) is 35.5. The molecule has 0 aliphatic heterocycles. The van der Waals surface area contributed by atoms with E-state index < -0.39 is 28.5 Å². The predicted molar refractivity (Wildman–Crippen MR) is 393 cm³/mol. The molecule has 0 atom stereocenters. The van der Waals surface area contributed by atoms with Crippen molar-refractivity contribution < 1.29 is 55.8 Å². The zero-order chi connectivity index (χ0) is 70.2. The second kappa shape index (κ2) is 46.5. The number of rotatable bonds is 36. The number of ether oxygens (including phenoxy) is 4. The number of benzene rings is 4. The van der Waals surface area contributed by atoms with Crippen molar-refractivity contribution in [1.82, 2.24) is 0 Å². The van der Waals surface area contributed by atoms with Crippen LogP contribution in [0.15, 0.2) is 146 Å². The van der Waals surface area contributed by atoms with Crippen LogP contribution in [-0.2, 0) is 19.2 Å². The largest absolute Gasteiger partial charge is 0.427 e. The topological polar surface area (TPSA) is 226 Å². The third-order valence-corrected chi connectivity index (χ3v) is 16.6. The van der Waals surface area contributed by atoms with E-state index in [1.807, 2.05) is 39.8 Å². The maximum Gasteiger partial charge on any atom is 0.336 e. The van der Waals surface area contributed by atoms with Gasteiger partial charge >= 0.3 is 46.4 Å². The minimum absolute atomic E-state index is 0. The summed E-state index contributed by atoms with van der Waals surface area (Å²) in [6.07, 6.45) is 41.4. The molecule has 0 N–H and O–H groups in total. The van der Waals surface area contributed by atoms with Gasteiger partial charge in [-0.05, 0) is 137 Å². The second-order valence-electron chi connectivity index (χ2n) is 25.0. The zero-order valence-electron chi connectivity index (χ0n) is 58.8. The Morgan fingerprint density at radius 2 is 0.571 bits per heavy atom. The van der Waals surface area contributed by atoms with Crippen molar-refractivity contribution >= 4 is 67.8 Å². The third kappa shape index (κ3) is 31.7. The monoisotopic (exact) mass is 1350 g/mol. The summed E-state index contributed by atoms with van der Waals surface area (Å²) >= 11 is 0. The molecule has 98 heavy (non-hydrogen) atoms. The minimum atomic E-state index is -0.412. The number of unbranched alkanes of at least 4 members (excludes halogenated alkanes) is 25. The average Bonchev–Trinajstić information content (AvgIpc) is 0.843. The van der Waals surface area contributed by atoms with Gasteiger partial charge in [0.05, 0.1) is 0 Å². The van der Waals surface area contributed by atoms with Crippen LogP contribution in [0.4, 0.5) is 0 Å². The normalized spacial score (nSPS) is 10.9. The number of esters is 4. The number of aryl methyl sites for hydroxylation is 4. The molecule has 8 aromatic rings. The first-order chi connectivity index (χ1) is 46.8. The molecule has 0 saturated heterocycles. The summed E-state index contributed by atoms with van der Waals surface area (Å²) < 4.78 is 41.3. The molecular formula is C82H108O16. The summed E-state index contributed by atoms with van der Waals surface area (Å²) in [5.74, 6) is 0.410. The summed E-state index contributed by atoms with van der Waals surface area (Å²) in [7, 11) is 0. The van der Waals surface area contributed by atoms with Crippen molar-refractivity contribution in [1.29, 1.82) is 0 Å². The van der Waals surface area contributed by atoms with Crippen LogP contribution in [0, 0.1) is 27.7 Å². The van der Waals surface area contributed by atoms with Gasteiger partial charge in [0, 0.05) is 96.3 Å². The molecule has 4 aromatic heterocycles. The lowest BCUT2D eigenvalue weighted by Crippen LogP contribution is -2.07. The van der Waals surface area contributed by atoms with Crippen LogP contribution in [0.5, 0.6) is 23.0 Å². The molecule has 4 heterocycles. The van der Waals surface area contributed by atoms with Gasteiger partial charge in [-0.25, -0.2) is 19.2 Å². The Labute approximate surface area is 578 Å². The molecule has 0 aliphatic carbocycles. The number of hydrogen-bond acceptors (Lipinski definition) is 16. The molecule has 0 unspecified atom stereocenters. The Kier molecular flexibility index (Phi) is 38.8. The molecule has 0 saturated carbocycles. The first kappa shape index (κ1) is 81.8. The molecule has 16 heteroatoms. The molecule has 16 nitrogen and oxygen atoms in total. The number of fused-ring (bicyclic) bond motifs is 4. The van der Waals surface area contributed by atoms with E-state index >= 15 is 0 Å². The minimum Gasteiger partial charge on any atom is -0.427 e. The van der Waals surface area contributed by atoms with E-state index in [0.29, 0.717) is 64.6 Å². The lowest BCUT2D eigenvalue weighted by atomic mass is 10.0. The average molecular weight is 1350 g/mol. The van der Waals surface area contributed by atoms with Gasteiger partial charge in [0.25, 0.3) is 0 Å². The standard InChI is InChI=1S/C28H42O4.C28H40O4.C13H12O4.C12H10O4.CH4/c2*1-3-4-5-6-7-8-9-10-11-12-13-14-15-16-17-18-27(29)31-24-19-20-25-23(2)21-28(30)32-26(25)22-24;1-3-12(14)16-9-4-5-10-8(2)6-13(15)17-11(10)7-9;1-7-5-12(14)16-11-6-9(15-8(2)13)3-4-10(7)11;/h19-22H,3-18H2,1-2H3;10-11,19-22H,3-9,12-18H2,1-2H3;4-7H,3H2,1-2H3;3-6H,1-2H3;1H4/b;11-10-;;;. The molecule has 0 spiro atoms. The number of allylic oxidation sites excluding steroid dienone is 2. The summed E-state index contributed by atoms with van der Waals surface area (Å²) in [5.41, 5.74) is 3.51. The summed E-state index contributed by atoms with van der Waals surface area (Å²) in [6, 6.07) is 26.1. The van der Waals surface area contributed by atoms with Gasteiger partial charge in [0.15, 0.2) is 0 Å². The van der Waals surface area contributed by atoms with Crippen molar-refractivity contribution in [2.45, 2.75) is 262 Å². The molecule has 0 radical (unpaired) electrons. The highest BCUT2D eigenvalue weighted by atomic mass is 16.5. The molecule has 8 rings (SSSR count). The highest BCUT2D eigenvalue weighted by molar-refractivity contribution is 5.85. The van der Waals surface area contributed by atoms with Crippen molar-refractivity contribution in [2.24, 2.45) is 0 Å². The Hall–Kier alpha value is -8.66. The van der Waals surface area contributed by atoms with Crippen LogP contribution in [0.3, 0.4) is 0 Å². The van der Waals surface area contributed by atoms with Crippen molar-refractivity contribution in [3.63, 3.8) is 0 Å². The molecule has 4 aromatic carbocycles. The highest BCUT2D eigenvalue weighted by Crippen LogP contribution is 2.27. The lowest BCUT2D eigenvalue weighted by Gasteiger charge is -2.06. The second-order valence-corrected chi connectivity index (χ2v) is 25.0. The van der Waals surface area contributed by atoms with E-state index in [-0.39, 0.29) is 25.3 Å². The van der Waals surface area contributed by atoms with Crippen LogP contribution in [-0.4, -0.2) is 23.9 Å². The van der Waals surface area contributed by atoms with Crippen LogP contribution in [0.2, 0.25) is 0 Å². The summed E-state index contributed by atoms with van der Waals surface area (Å²) in [5, 5.41) is 3.37. The fourth-order valence-corrected chi connectivity index (χ4v) is 11.2. The smallest absolute Gasteiger partial charge is 0.336 e. The van der Waals surface area contributed by atoms with Gasteiger partial charge in [0.2, 0.25) is 0 Å². The van der Waals surface area contributed by atoms with E-state index in [4.69, 9.17) is 36.6 Å². The third-order valence-electron chi connectivity index (χ3n) is 16.6. The van der Waals surface area contributed by atoms with E-state index in [9.17, 15) is 38.4 Å². The number of hydrogen-bond donors (Lipinski definition) is 0. The van der Waals surface area contributed by atoms with E-state index in [2.05, 4.69) is 26.0 Å². The van der Waals surface area contributed by atoms with Gasteiger partial charge in [-0.15, -0.1) is 0 Å². The first-order valence-corrected chi connectivity index (χ1v) is 35.5. The van der Waals surface area contributed by atoms with Crippen molar-refractivity contribution in [3.05, 3.63) is 173 Å². The number of carbonyl (C=O) groups is 4. The SMILES string of the molecule is C.CC(=O)Oc1ccc2c(C)cc(=O)oc2c1.CCC(=O)Oc1ccc2c(C)cc(=O)oc2c1.CCCCCCCC/C=C\CCCCCCCC(=O)Oc1ccc2c(C)cc(=O)oc2c1.CCCCCCCCCCCCCCCCCC(=O)Oc1ccc2c(C)cc(=O)oc2c1. The predicted octanol–water partition coefficient (Wildman–Crippen LogP) is 21.4. The fourth-order valence-electron chi connectivity index (χ4n) is 11.2. The van der Waals surface area contributed by atoms with Gasteiger partial charge in [-0.2, -0.15) is 0 Å². The Morgan fingerprint density at radius 1 is 0.327 bits per heavy atom. The molecule has 0 aliphatic rings. The molecule has 0 fully saturated rings.